The second-order valence-corrected chi connectivity index (χ2v) is 6.00. The van der Waals surface area contributed by atoms with Crippen molar-refractivity contribution in [2.24, 2.45) is 23.5 Å². The predicted molar refractivity (Wildman–Crippen MR) is 69.3 cm³/mol. The highest BCUT2D eigenvalue weighted by molar-refractivity contribution is 4.83. The fraction of sp³-hybridized carbons (Fsp3) is 1.00. The molecule has 0 amide bonds. The van der Waals surface area contributed by atoms with E-state index < -0.39 is 0 Å². The Morgan fingerprint density at radius 2 is 1.69 bits per heavy atom. The first-order chi connectivity index (χ1) is 7.77. The summed E-state index contributed by atoms with van der Waals surface area (Å²) < 4.78 is 0. The summed E-state index contributed by atoms with van der Waals surface area (Å²) in [4.78, 5) is 0. The highest BCUT2D eigenvalue weighted by Gasteiger charge is 2.29. The van der Waals surface area contributed by atoms with E-state index in [1.807, 2.05) is 0 Å². The lowest BCUT2D eigenvalue weighted by Gasteiger charge is -2.37. The molecule has 1 heterocycles. The van der Waals surface area contributed by atoms with Crippen LogP contribution in [0.25, 0.3) is 0 Å². The summed E-state index contributed by atoms with van der Waals surface area (Å²) in [5.41, 5.74) is 6.01. The van der Waals surface area contributed by atoms with E-state index >= 15 is 0 Å². The molecule has 1 saturated carbocycles. The van der Waals surface area contributed by atoms with Gasteiger partial charge in [0.15, 0.2) is 0 Å². The minimum atomic E-state index is 0.502. The average Bonchev–Trinajstić information content (AvgIpc) is 2.26. The van der Waals surface area contributed by atoms with E-state index in [2.05, 4.69) is 12.2 Å². The van der Waals surface area contributed by atoms with Crippen molar-refractivity contribution in [1.82, 2.24) is 5.32 Å². The zero-order valence-electron chi connectivity index (χ0n) is 10.8. The molecular formula is C14H28N2. The molecule has 16 heavy (non-hydrogen) atoms. The van der Waals surface area contributed by atoms with Gasteiger partial charge in [-0.2, -0.15) is 0 Å². The second kappa shape index (κ2) is 6.02. The molecule has 1 saturated heterocycles. The van der Waals surface area contributed by atoms with Crippen molar-refractivity contribution in [1.29, 1.82) is 0 Å². The van der Waals surface area contributed by atoms with E-state index in [-0.39, 0.29) is 0 Å². The maximum absolute atomic E-state index is 6.01. The molecule has 2 heteroatoms. The highest BCUT2D eigenvalue weighted by Crippen LogP contribution is 2.37. The Morgan fingerprint density at radius 1 is 0.938 bits per heavy atom. The van der Waals surface area contributed by atoms with Crippen LogP contribution in [0, 0.1) is 17.8 Å². The van der Waals surface area contributed by atoms with Crippen LogP contribution in [-0.4, -0.2) is 19.1 Å². The molecule has 2 aliphatic rings. The third kappa shape index (κ3) is 3.21. The van der Waals surface area contributed by atoms with Gasteiger partial charge in [-0.05, 0) is 75.8 Å². The van der Waals surface area contributed by atoms with E-state index in [4.69, 9.17) is 5.73 Å². The standard InChI is InChI=1S/C14H28N2/c1-11-8-10-16-9-2-3-14(11)12-4-6-13(15)7-5-12/h11-14,16H,2-10,15H2,1H3. The quantitative estimate of drug-likeness (QED) is 0.718. The van der Waals surface area contributed by atoms with Crippen LogP contribution in [0.5, 0.6) is 0 Å². The molecule has 2 atom stereocenters. The van der Waals surface area contributed by atoms with Crippen LogP contribution in [-0.2, 0) is 0 Å². The largest absolute Gasteiger partial charge is 0.328 e. The van der Waals surface area contributed by atoms with E-state index in [0.717, 1.165) is 17.8 Å². The number of nitrogens with one attached hydrogen (secondary N) is 1. The van der Waals surface area contributed by atoms with Crippen LogP contribution in [0.3, 0.4) is 0 Å². The molecule has 2 fully saturated rings. The smallest absolute Gasteiger partial charge is 0.00390 e. The van der Waals surface area contributed by atoms with Crippen molar-refractivity contribution in [3.63, 3.8) is 0 Å². The maximum atomic E-state index is 6.01. The topological polar surface area (TPSA) is 38.0 Å². The van der Waals surface area contributed by atoms with Crippen molar-refractivity contribution in [3.05, 3.63) is 0 Å². The summed E-state index contributed by atoms with van der Waals surface area (Å²) in [6.07, 6.45) is 9.50. The Morgan fingerprint density at radius 3 is 2.44 bits per heavy atom. The minimum absolute atomic E-state index is 0.502. The minimum Gasteiger partial charge on any atom is -0.328 e. The van der Waals surface area contributed by atoms with Crippen molar-refractivity contribution < 1.29 is 0 Å². The molecular weight excluding hydrogens is 196 g/mol. The summed E-state index contributed by atoms with van der Waals surface area (Å²) in [5.74, 6) is 2.87. The lowest BCUT2D eigenvalue weighted by molar-refractivity contribution is 0.152. The first kappa shape index (κ1) is 12.4. The van der Waals surface area contributed by atoms with E-state index in [1.54, 1.807) is 0 Å². The van der Waals surface area contributed by atoms with Gasteiger partial charge in [-0.15, -0.1) is 0 Å². The molecule has 0 bridgehead atoms. The van der Waals surface area contributed by atoms with Gasteiger partial charge in [-0.3, -0.25) is 0 Å². The van der Waals surface area contributed by atoms with Gasteiger partial charge in [0, 0.05) is 6.04 Å². The Bertz CT molecular complexity index is 197. The summed E-state index contributed by atoms with van der Waals surface area (Å²) in [6.45, 7) is 4.92. The Labute approximate surface area is 100 Å². The van der Waals surface area contributed by atoms with E-state index in [1.165, 1.54) is 58.0 Å². The Hall–Kier alpha value is -0.0800. The fourth-order valence-electron chi connectivity index (χ4n) is 3.69. The molecule has 0 radical (unpaired) electrons. The van der Waals surface area contributed by atoms with Crippen molar-refractivity contribution >= 4 is 0 Å². The first-order valence-corrected chi connectivity index (χ1v) is 7.23. The van der Waals surface area contributed by atoms with Crippen LogP contribution in [0.2, 0.25) is 0 Å². The molecule has 1 aliphatic heterocycles. The summed E-state index contributed by atoms with van der Waals surface area (Å²) >= 11 is 0. The zero-order valence-corrected chi connectivity index (χ0v) is 10.8. The Kier molecular flexibility index (Phi) is 4.66. The molecule has 0 spiro atoms. The van der Waals surface area contributed by atoms with Crippen molar-refractivity contribution in [2.75, 3.05) is 13.1 Å². The third-order valence-corrected chi connectivity index (χ3v) is 4.82. The van der Waals surface area contributed by atoms with E-state index in [0.29, 0.717) is 6.04 Å². The van der Waals surface area contributed by atoms with Gasteiger partial charge in [-0.1, -0.05) is 6.92 Å². The SMILES string of the molecule is CC1CCNCCCC1C1CCC(N)CC1. The lowest BCUT2D eigenvalue weighted by atomic mass is 9.70. The van der Waals surface area contributed by atoms with Gasteiger partial charge < -0.3 is 11.1 Å². The van der Waals surface area contributed by atoms with Gasteiger partial charge in [-0.25, -0.2) is 0 Å². The molecule has 1 aliphatic carbocycles. The molecule has 3 N–H and O–H groups in total. The monoisotopic (exact) mass is 224 g/mol. The van der Waals surface area contributed by atoms with Gasteiger partial charge in [0.25, 0.3) is 0 Å². The van der Waals surface area contributed by atoms with Crippen molar-refractivity contribution in [3.8, 4) is 0 Å². The van der Waals surface area contributed by atoms with Crippen LogP contribution in [0.15, 0.2) is 0 Å². The number of rotatable bonds is 1. The van der Waals surface area contributed by atoms with Crippen LogP contribution in [0.4, 0.5) is 0 Å². The van der Waals surface area contributed by atoms with Crippen LogP contribution in [0.1, 0.15) is 51.9 Å². The summed E-state index contributed by atoms with van der Waals surface area (Å²) in [7, 11) is 0. The van der Waals surface area contributed by atoms with Gasteiger partial charge in [0.2, 0.25) is 0 Å². The molecule has 0 aromatic heterocycles. The second-order valence-electron chi connectivity index (χ2n) is 6.00. The number of hydrogen-bond donors (Lipinski definition) is 2. The molecule has 0 aromatic carbocycles. The molecule has 2 nitrogen and oxygen atoms in total. The molecule has 2 rings (SSSR count). The maximum Gasteiger partial charge on any atom is 0.00390 e. The van der Waals surface area contributed by atoms with Gasteiger partial charge in [0.1, 0.15) is 0 Å². The normalized spacial score (nSPS) is 42.4. The summed E-state index contributed by atoms with van der Waals surface area (Å²) in [6, 6.07) is 0.502. The van der Waals surface area contributed by atoms with Crippen molar-refractivity contribution in [2.45, 2.75) is 57.9 Å². The fourth-order valence-corrected chi connectivity index (χ4v) is 3.69. The molecule has 94 valence electrons. The highest BCUT2D eigenvalue weighted by atomic mass is 14.8. The zero-order chi connectivity index (χ0) is 11.4. The van der Waals surface area contributed by atoms with Crippen LogP contribution < -0.4 is 11.1 Å². The predicted octanol–water partition coefficient (Wildman–Crippen LogP) is 2.53. The molecule has 0 aromatic rings. The number of nitrogens with two attached hydrogens (primary N) is 1. The lowest BCUT2D eigenvalue weighted by Crippen LogP contribution is -2.34. The van der Waals surface area contributed by atoms with Gasteiger partial charge in [0.05, 0.1) is 0 Å². The van der Waals surface area contributed by atoms with Gasteiger partial charge >= 0.3 is 0 Å². The average molecular weight is 224 g/mol. The summed E-state index contributed by atoms with van der Waals surface area (Å²) in [5, 5.41) is 3.53. The molecule has 2 unspecified atom stereocenters. The van der Waals surface area contributed by atoms with Crippen LogP contribution >= 0.6 is 0 Å². The number of hydrogen-bond acceptors (Lipinski definition) is 2. The third-order valence-electron chi connectivity index (χ3n) is 4.82. The first-order valence-electron chi connectivity index (χ1n) is 7.23. The Balaban J connectivity index is 1.89. The van der Waals surface area contributed by atoms with E-state index in [9.17, 15) is 0 Å².